The van der Waals surface area contributed by atoms with Gasteiger partial charge in [-0.2, -0.15) is 0 Å². The quantitative estimate of drug-likeness (QED) is 0.430. The van der Waals surface area contributed by atoms with Crippen molar-refractivity contribution in [1.82, 2.24) is 5.32 Å². The van der Waals surface area contributed by atoms with Gasteiger partial charge in [0.05, 0.1) is 0 Å². The monoisotopic (exact) mass is 141 g/mol. The van der Waals surface area contributed by atoms with Gasteiger partial charge in [0.1, 0.15) is 6.04 Å². The molecular weight excluding hydrogens is 130 g/mol. The molecule has 0 bridgehead atoms. The van der Waals surface area contributed by atoms with E-state index in [4.69, 9.17) is 11.5 Å². The van der Waals surface area contributed by atoms with Crippen LogP contribution in [0.25, 0.3) is 0 Å². The zero-order valence-electron chi connectivity index (χ0n) is 5.92. The van der Waals surface area contributed by atoms with Crippen LogP contribution in [-0.4, -0.2) is 23.7 Å². The molecule has 3 heteroatoms. The van der Waals surface area contributed by atoms with Crippen LogP contribution >= 0.6 is 0 Å². The fourth-order valence-electron chi connectivity index (χ4n) is 0.448. The second-order valence-electron chi connectivity index (χ2n) is 1.97. The van der Waals surface area contributed by atoms with Gasteiger partial charge in [-0.1, -0.05) is 0 Å². The van der Waals surface area contributed by atoms with Gasteiger partial charge in [0.15, 0.2) is 0 Å². The van der Waals surface area contributed by atoms with Crippen molar-refractivity contribution in [2.24, 2.45) is 0 Å². The molecule has 0 aliphatic rings. The molecule has 0 rings (SSSR count). The van der Waals surface area contributed by atoms with Crippen molar-refractivity contribution in [1.29, 1.82) is 0 Å². The summed E-state index contributed by atoms with van der Waals surface area (Å²) in [5.41, 5.74) is 0. The maximum atomic E-state index is 10.2. The van der Waals surface area contributed by atoms with E-state index in [-0.39, 0.29) is 0 Å². The van der Waals surface area contributed by atoms with Crippen molar-refractivity contribution in [3.05, 3.63) is 0 Å². The van der Waals surface area contributed by atoms with Crippen LogP contribution in [0.1, 0.15) is 13.3 Å². The first kappa shape index (κ1) is 8.99. The zero-order chi connectivity index (χ0) is 7.98. The van der Waals surface area contributed by atoms with Gasteiger partial charge < -0.3 is 10.4 Å². The smallest absolute Gasteiger partial charge is 0.320 e. The average Bonchev–Trinajstić information content (AvgIpc) is 1.88. The van der Waals surface area contributed by atoms with Crippen LogP contribution in [0.2, 0.25) is 0 Å². The van der Waals surface area contributed by atoms with E-state index in [1.165, 1.54) is 0 Å². The molecular formula is C7H11NO2. The summed E-state index contributed by atoms with van der Waals surface area (Å²) in [5.74, 6) is 1.56. The van der Waals surface area contributed by atoms with E-state index in [0.29, 0.717) is 13.0 Å². The molecule has 0 amide bonds. The number of nitrogens with one attached hydrogen (secondary N) is 1. The van der Waals surface area contributed by atoms with Gasteiger partial charge in [0.2, 0.25) is 0 Å². The van der Waals surface area contributed by atoms with Gasteiger partial charge in [0, 0.05) is 13.0 Å². The fraction of sp³-hybridized carbons (Fsp3) is 0.571. The molecule has 0 saturated heterocycles. The van der Waals surface area contributed by atoms with E-state index in [0.717, 1.165) is 0 Å². The molecule has 0 aliphatic carbocycles. The number of hydrogen-bond donors (Lipinski definition) is 2. The number of hydrogen-bond acceptors (Lipinski definition) is 2. The second-order valence-corrected chi connectivity index (χ2v) is 1.97. The lowest BCUT2D eigenvalue weighted by atomic mass is 10.3. The zero-order valence-corrected chi connectivity index (χ0v) is 5.92. The van der Waals surface area contributed by atoms with E-state index >= 15 is 0 Å². The Hall–Kier alpha value is -1.01. The van der Waals surface area contributed by atoms with Crippen molar-refractivity contribution in [2.45, 2.75) is 19.4 Å². The molecule has 0 fully saturated rings. The van der Waals surface area contributed by atoms with E-state index in [1.54, 1.807) is 6.92 Å². The molecule has 3 nitrogen and oxygen atoms in total. The summed E-state index contributed by atoms with van der Waals surface area (Å²) in [7, 11) is 0. The Morgan fingerprint density at radius 1 is 1.90 bits per heavy atom. The highest BCUT2D eigenvalue weighted by molar-refractivity contribution is 5.72. The summed E-state index contributed by atoms with van der Waals surface area (Å²) in [4.78, 5) is 10.2. The van der Waals surface area contributed by atoms with E-state index < -0.39 is 12.0 Å². The number of carboxylic acids is 1. The van der Waals surface area contributed by atoms with E-state index in [9.17, 15) is 4.79 Å². The first-order chi connectivity index (χ1) is 4.68. The van der Waals surface area contributed by atoms with Crippen LogP contribution in [0.3, 0.4) is 0 Å². The molecule has 0 heterocycles. The van der Waals surface area contributed by atoms with E-state index in [2.05, 4.69) is 11.2 Å². The Morgan fingerprint density at radius 3 is 2.90 bits per heavy atom. The normalized spacial score (nSPS) is 12.0. The van der Waals surface area contributed by atoms with Gasteiger partial charge in [-0.25, -0.2) is 0 Å². The number of terminal acetylenes is 1. The second kappa shape index (κ2) is 4.83. The standard InChI is InChI=1S/C7H11NO2/c1-3-4-5-8-6(2)7(9)10/h1,6,8H,4-5H2,2H3,(H,9,10). The van der Waals surface area contributed by atoms with Gasteiger partial charge in [-0.15, -0.1) is 12.3 Å². The lowest BCUT2D eigenvalue weighted by molar-refractivity contribution is -0.138. The van der Waals surface area contributed by atoms with Crippen LogP contribution in [0.15, 0.2) is 0 Å². The summed E-state index contributed by atoms with van der Waals surface area (Å²) in [5, 5.41) is 11.1. The van der Waals surface area contributed by atoms with E-state index in [1.807, 2.05) is 0 Å². The Kier molecular flexibility index (Phi) is 4.34. The van der Waals surface area contributed by atoms with Crippen molar-refractivity contribution < 1.29 is 9.90 Å². The third-order valence-corrected chi connectivity index (χ3v) is 1.09. The number of carboxylic acid groups (broad SMARTS) is 1. The van der Waals surface area contributed by atoms with Crippen LogP contribution < -0.4 is 5.32 Å². The van der Waals surface area contributed by atoms with Crippen molar-refractivity contribution >= 4 is 5.97 Å². The topological polar surface area (TPSA) is 49.3 Å². The maximum absolute atomic E-state index is 10.2. The fourth-order valence-corrected chi connectivity index (χ4v) is 0.448. The van der Waals surface area contributed by atoms with Crippen molar-refractivity contribution in [2.75, 3.05) is 6.54 Å². The maximum Gasteiger partial charge on any atom is 0.320 e. The Balaban J connectivity index is 3.32. The number of rotatable bonds is 4. The highest BCUT2D eigenvalue weighted by Gasteiger charge is 2.07. The molecule has 0 aromatic carbocycles. The van der Waals surface area contributed by atoms with Crippen molar-refractivity contribution in [3.8, 4) is 12.3 Å². The predicted octanol–water partition coefficient (Wildman–Crippen LogP) is 0.0724. The lowest BCUT2D eigenvalue weighted by Gasteiger charge is -2.05. The first-order valence-corrected chi connectivity index (χ1v) is 3.08. The predicted molar refractivity (Wildman–Crippen MR) is 38.6 cm³/mol. The largest absolute Gasteiger partial charge is 0.480 e. The summed E-state index contributed by atoms with van der Waals surface area (Å²) < 4.78 is 0. The molecule has 0 saturated carbocycles. The molecule has 0 radical (unpaired) electrons. The molecule has 0 aromatic heterocycles. The number of aliphatic carboxylic acids is 1. The highest BCUT2D eigenvalue weighted by Crippen LogP contribution is 1.80. The molecule has 0 aliphatic heterocycles. The minimum Gasteiger partial charge on any atom is -0.480 e. The Morgan fingerprint density at radius 2 is 2.50 bits per heavy atom. The van der Waals surface area contributed by atoms with Gasteiger partial charge in [0.25, 0.3) is 0 Å². The van der Waals surface area contributed by atoms with Crippen molar-refractivity contribution in [3.63, 3.8) is 0 Å². The minimum absolute atomic E-state index is 0.506. The third kappa shape index (κ3) is 3.93. The first-order valence-electron chi connectivity index (χ1n) is 3.08. The van der Waals surface area contributed by atoms with Gasteiger partial charge in [-0.05, 0) is 6.92 Å². The summed E-state index contributed by atoms with van der Waals surface area (Å²) in [6.07, 6.45) is 5.52. The van der Waals surface area contributed by atoms with Crippen LogP contribution in [0.4, 0.5) is 0 Å². The molecule has 1 unspecified atom stereocenters. The lowest BCUT2D eigenvalue weighted by Crippen LogP contribution is -2.34. The Bertz CT molecular complexity index is 148. The molecule has 10 heavy (non-hydrogen) atoms. The molecule has 1 atom stereocenters. The van der Waals surface area contributed by atoms with Crippen LogP contribution in [-0.2, 0) is 4.79 Å². The molecule has 0 spiro atoms. The Labute approximate surface area is 60.4 Å². The van der Waals surface area contributed by atoms with Gasteiger partial charge >= 0.3 is 5.97 Å². The minimum atomic E-state index is -0.850. The van der Waals surface area contributed by atoms with Crippen LogP contribution in [0, 0.1) is 12.3 Å². The average molecular weight is 141 g/mol. The number of carbonyl (C=O) groups is 1. The highest BCUT2D eigenvalue weighted by atomic mass is 16.4. The summed E-state index contributed by atoms with van der Waals surface area (Å²) in [6, 6.07) is -0.506. The molecule has 2 N–H and O–H groups in total. The van der Waals surface area contributed by atoms with Gasteiger partial charge in [-0.3, -0.25) is 4.79 Å². The SMILES string of the molecule is C#CCCNC(C)C(=O)O. The van der Waals surface area contributed by atoms with Crippen LogP contribution in [0.5, 0.6) is 0 Å². The summed E-state index contributed by atoms with van der Waals surface area (Å²) in [6.45, 7) is 2.14. The molecule has 0 aromatic rings. The summed E-state index contributed by atoms with van der Waals surface area (Å²) >= 11 is 0. The third-order valence-electron chi connectivity index (χ3n) is 1.09. The molecule has 56 valence electrons.